The number of phenolic OH excluding ortho intramolecular Hbond substituents is 1. The fourth-order valence-corrected chi connectivity index (χ4v) is 1.56. The molecule has 0 aliphatic rings. The molecule has 84 valence electrons. The van der Waals surface area contributed by atoms with Crippen LogP contribution in [0.15, 0.2) is 24.3 Å². The SMILES string of the molecule is CC(=O)Nc1ccc(O)c2nc(C#N)ccc12. The highest BCUT2D eigenvalue weighted by molar-refractivity contribution is 6.02. The summed E-state index contributed by atoms with van der Waals surface area (Å²) in [6.07, 6.45) is 0. The highest BCUT2D eigenvalue weighted by atomic mass is 16.3. The number of hydrogen-bond donors (Lipinski definition) is 2. The molecule has 0 atom stereocenters. The van der Waals surface area contributed by atoms with Gasteiger partial charge in [-0.25, -0.2) is 4.98 Å². The lowest BCUT2D eigenvalue weighted by Crippen LogP contribution is -2.06. The van der Waals surface area contributed by atoms with Gasteiger partial charge in [0.25, 0.3) is 0 Å². The fraction of sp³-hybridized carbons (Fsp3) is 0.0833. The summed E-state index contributed by atoms with van der Waals surface area (Å²) >= 11 is 0. The number of carbonyl (C=O) groups is 1. The highest BCUT2D eigenvalue weighted by Crippen LogP contribution is 2.29. The summed E-state index contributed by atoms with van der Waals surface area (Å²) in [7, 11) is 0. The zero-order valence-corrected chi connectivity index (χ0v) is 9.06. The predicted molar refractivity (Wildman–Crippen MR) is 62.4 cm³/mol. The van der Waals surface area contributed by atoms with Crippen molar-refractivity contribution in [3.8, 4) is 11.8 Å². The molecule has 0 aliphatic carbocycles. The van der Waals surface area contributed by atoms with E-state index in [9.17, 15) is 9.90 Å². The zero-order chi connectivity index (χ0) is 12.4. The molecule has 0 saturated heterocycles. The summed E-state index contributed by atoms with van der Waals surface area (Å²) in [4.78, 5) is 15.0. The van der Waals surface area contributed by atoms with Crippen LogP contribution in [0.1, 0.15) is 12.6 Å². The first-order valence-corrected chi connectivity index (χ1v) is 4.92. The normalized spacial score (nSPS) is 9.88. The van der Waals surface area contributed by atoms with Crippen LogP contribution < -0.4 is 5.32 Å². The summed E-state index contributed by atoms with van der Waals surface area (Å²) in [5.74, 6) is -0.229. The lowest BCUT2D eigenvalue weighted by Gasteiger charge is -2.07. The van der Waals surface area contributed by atoms with E-state index >= 15 is 0 Å². The molecule has 0 spiro atoms. The number of rotatable bonds is 1. The quantitative estimate of drug-likeness (QED) is 0.727. The van der Waals surface area contributed by atoms with Crippen molar-refractivity contribution in [2.24, 2.45) is 0 Å². The number of aromatic nitrogens is 1. The van der Waals surface area contributed by atoms with Gasteiger partial charge in [0.2, 0.25) is 5.91 Å². The third-order valence-electron chi connectivity index (χ3n) is 2.26. The van der Waals surface area contributed by atoms with Crippen LogP contribution >= 0.6 is 0 Å². The molecule has 0 fully saturated rings. The number of nitrogens with one attached hydrogen (secondary N) is 1. The van der Waals surface area contributed by atoms with Gasteiger partial charge in [-0.05, 0) is 24.3 Å². The van der Waals surface area contributed by atoms with Crippen LogP contribution in [0.3, 0.4) is 0 Å². The highest BCUT2D eigenvalue weighted by Gasteiger charge is 2.08. The number of nitriles is 1. The third kappa shape index (κ3) is 2.01. The minimum absolute atomic E-state index is 0.0220. The number of amides is 1. The minimum atomic E-state index is -0.207. The Bertz CT molecular complexity index is 644. The molecule has 5 nitrogen and oxygen atoms in total. The van der Waals surface area contributed by atoms with Gasteiger partial charge in [-0.2, -0.15) is 5.26 Å². The first-order valence-electron chi connectivity index (χ1n) is 4.92. The number of phenols is 1. The summed E-state index contributed by atoms with van der Waals surface area (Å²) in [5, 5.41) is 21.6. The van der Waals surface area contributed by atoms with Crippen molar-refractivity contribution >= 4 is 22.5 Å². The van der Waals surface area contributed by atoms with Gasteiger partial charge in [-0.15, -0.1) is 0 Å². The lowest BCUT2D eigenvalue weighted by atomic mass is 10.1. The molecule has 1 aromatic heterocycles. The average molecular weight is 227 g/mol. The summed E-state index contributed by atoms with van der Waals surface area (Å²) in [5.41, 5.74) is 1.07. The maximum absolute atomic E-state index is 11.0. The van der Waals surface area contributed by atoms with Crippen LogP contribution in [-0.2, 0) is 4.79 Å². The van der Waals surface area contributed by atoms with E-state index in [-0.39, 0.29) is 17.4 Å². The Morgan fingerprint density at radius 3 is 2.82 bits per heavy atom. The van der Waals surface area contributed by atoms with E-state index in [0.29, 0.717) is 16.6 Å². The number of carbonyl (C=O) groups excluding carboxylic acids is 1. The van der Waals surface area contributed by atoms with Crippen LogP contribution in [-0.4, -0.2) is 16.0 Å². The summed E-state index contributed by atoms with van der Waals surface area (Å²) in [6.45, 7) is 1.40. The van der Waals surface area contributed by atoms with E-state index in [4.69, 9.17) is 5.26 Å². The molecule has 2 aromatic rings. The van der Waals surface area contributed by atoms with Crippen molar-refractivity contribution in [2.75, 3.05) is 5.32 Å². The fourth-order valence-electron chi connectivity index (χ4n) is 1.56. The molecule has 2 rings (SSSR count). The molecular weight excluding hydrogens is 218 g/mol. The van der Waals surface area contributed by atoms with Gasteiger partial charge in [-0.1, -0.05) is 0 Å². The molecule has 1 amide bonds. The number of benzene rings is 1. The maximum Gasteiger partial charge on any atom is 0.221 e. The molecule has 0 radical (unpaired) electrons. The molecule has 17 heavy (non-hydrogen) atoms. The smallest absolute Gasteiger partial charge is 0.221 e. The van der Waals surface area contributed by atoms with E-state index in [0.717, 1.165) is 0 Å². The molecule has 1 heterocycles. The monoisotopic (exact) mass is 227 g/mol. The molecule has 0 saturated carbocycles. The molecular formula is C12H9N3O2. The van der Waals surface area contributed by atoms with E-state index < -0.39 is 0 Å². The van der Waals surface area contributed by atoms with Crippen LogP contribution in [0, 0.1) is 11.3 Å². The van der Waals surface area contributed by atoms with Gasteiger partial charge in [0, 0.05) is 12.3 Å². The van der Waals surface area contributed by atoms with Gasteiger partial charge >= 0.3 is 0 Å². The Labute approximate surface area is 97.3 Å². The second kappa shape index (κ2) is 4.10. The van der Waals surface area contributed by atoms with Gasteiger partial charge < -0.3 is 10.4 Å². The van der Waals surface area contributed by atoms with Crippen molar-refractivity contribution in [1.29, 1.82) is 5.26 Å². The molecule has 0 unspecified atom stereocenters. The molecule has 1 aromatic carbocycles. The Morgan fingerprint density at radius 1 is 1.41 bits per heavy atom. The van der Waals surface area contributed by atoms with Crippen molar-refractivity contribution < 1.29 is 9.90 Å². The number of aromatic hydroxyl groups is 1. The largest absolute Gasteiger partial charge is 0.506 e. The van der Waals surface area contributed by atoms with Gasteiger partial charge in [0.1, 0.15) is 23.0 Å². The van der Waals surface area contributed by atoms with Gasteiger partial charge in [-0.3, -0.25) is 4.79 Å². The third-order valence-corrected chi connectivity index (χ3v) is 2.26. The van der Waals surface area contributed by atoms with E-state index in [1.54, 1.807) is 12.1 Å². The van der Waals surface area contributed by atoms with Gasteiger partial charge in [0.05, 0.1) is 5.69 Å². The van der Waals surface area contributed by atoms with Crippen LogP contribution in [0.4, 0.5) is 5.69 Å². The summed E-state index contributed by atoms with van der Waals surface area (Å²) in [6, 6.07) is 8.10. The summed E-state index contributed by atoms with van der Waals surface area (Å²) < 4.78 is 0. The van der Waals surface area contributed by atoms with Crippen molar-refractivity contribution in [2.45, 2.75) is 6.92 Å². The minimum Gasteiger partial charge on any atom is -0.506 e. The Kier molecular flexibility index (Phi) is 2.63. The van der Waals surface area contributed by atoms with Crippen molar-refractivity contribution in [3.63, 3.8) is 0 Å². The van der Waals surface area contributed by atoms with Gasteiger partial charge in [0.15, 0.2) is 0 Å². The predicted octanol–water partition coefficient (Wildman–Crippen LogP) is 1.77. The number of fused-ring (bicyclic) bond motifs is 1. The maximum atomic E-state index is 11.0. The average Bonchev–Trinajstić information content (AvgIpc) is 2.32. The van der Waals surface area contributed by atoms with Crippen molar-refractivity contribution in [1.82, 2.24) is 4.98 Å². The Morgan fingerprint density at radius 2 is 2.18 bits per heavy atom. The molecule has 2 N–H and O–H groups in total. The van der Waals surface area contributed by atoms with E-state index in [1.165, 1.54) is 19.1 Å². The standard InChI is InChI=1S/C12H9N3O2/c1-7(16)14-10-4-5-11(17)12-9(10)3-2-8(6-13)15-12/h2-5,17H,1H3,(H,14,16). The molecule has 0 bridgehead atoms. The Balaban J connectivity index is 2.70. The van der Waals surface area contributed by atoms with Crippen LogP contribution in [0.25, 0.3) is 10.9 Å². The molecule has 5 heteroatoms. The first kappa shape index (κ1) is 10.9. The second-order valence-corrected chi connectivity index (χ2v) is 3.52. The van der Waals surface area contributed by atoms with Crippen LogP contribution in [0.2, 0.25) is 0 Å². The lowest BCUT2D eigenvalue weighted by molar-refractivity contribution is -0.114. The first-order chi connectivity index (χ1) is 8.11. The van der Waals surface area contributed by atoms with Crippen LogP contribution in [0.5, 0.6) is 5.75 Å². The Hall–Kier alpha value is -2.61. The number of nitrogens with zero attached hydrogens (tertiary/aromatic N) is 2. The van der Waals surface area contributed by atoms with Crippen molar-refractivity contribution in [3.05, 3.63) is 30.0 Å². The number of pyridine rings is 1. The zero-order valence-electron chi connectivity index (χ0n) is 9.06. The number of anilines is 1. The van der Waals surface area contributed by atoms with E-state index in [2.05, 4.69) is 10.3 Å². The topological polar surface area (TPSA) is 86.0 Å². The number of hydrogen-bond acceptors (Lipinski definition) is 4. The second-order valence-electron chi connectivity index (χ2n) is 3.52. The molecule has 0 aliphatic heterocycles. The van der Waals surface area contributed by atoms with E-state index in [1.807, 2.05) is 6.07 Å².